The van der Waals surface area contributed by atoms with E-state index < -0.39 is 0 Å². The van der Waals surface area contributed by atoms with Crippen molar-refractivity contribution in [3.63, 3.8) is 0 Å². The third-order valence-corrected chi connectivity index (χ3v) is 4.57. The molecule has 1 aromatic heterocycles. The van der Waals surface area contributed by atoms with Crippen LogP contribution in [-0.4, -0.2) is 52.8 Å². The minimum atomic E-state index is -0.0000966. The van der Waals surface area contributed by atoms with Crippen LogP contribution in [0.15, 0.2) is 22.6 Å². The average molecular weight is 343 g/mol. The molecule has 25 heavy (non-hydrogen) atoms. The van der Waals surface area contributed by atoms with Gasteiger partial charge in [0.2, 0.25) is 11.8 Å². The van der Waals surface area contributed by atoms with E-state index in [4.69, 9.17) is 4.42 Å². The summed E-state index contributed by atoms with van der Waals surface area (Å²) in [6, 6.07) is 5.69. The number of carbonyl (C=O) groups is 2. The molecule has 1 aromatic carbocycles. The van der Waals surface area contributed by atoms with E-state index in [0.717, 1.165) is 29.6 Å². The Kier molecular flexibility index (Phi) is 5.06. The predicted octanol–water partition coefficient (Wildman–Crippen LogP) is 2.40. The molecule has 0 unspecified atom stereocenters. The number of carbonyl (C=O) groups excluding carboxylic acids is 2. The van der Waals surface area contributed by atoms with Gasteiger partial charge < -0.3 is 14.2 Å². The van der Waals surface area contributed by atoms with Gasteiger partial charge in [-0.3, -0.25) is 9.59 Å². The molecule has 1 aliphatic heterocycles. The van der Waals surface area contributed by atoms with Crippen molar-refractivity contribution in [1.82, 2.24) is 14.8 Å². The Bertz CT molecular complexity index is 781. The number of amides is 2. The molecule has 6 nitrogen and oxygen atoms in total. The van der Waals surface area contributed by atoms with Crippen molar-refractivity contribution in [3.05, 3.63) is 29.7 Å². The molecule has 0 aliphatic carbocycles. The van der Waals surface area contributed by atoms with Crippen molar-refractivity contribution in [2.45, 2.75) is 33.6 Å². The zero-order chi connectivity index (χ0) is 18.0. The highest BCUT2D eigenvalue weighted by Crippen LogP contribution is 2.18. The maximum absolute atomic E-state index is 12.7. The Morgan fingerprint density at radius 2 is 1.88 bits per heavy atom. The molecule has 1 saturated heterocycles. The zero-order valence-electron chi connectivity index (χ0n) is 15.1. The van der Waals surface area contributed by atoms with Gasteiger partial charge in [-0.2, -0.15) is 0 Å². The van der Waals surface area contributed by atoms with E-state index in [1.54, 1.807) is 0 Å². The van der Waals surface area contributed by atoms with E-state index in [-0.39, 0.29) is 17.7 Å². The first kappa shape index (κ1) is 17.5. The standard InChI is InChI=1S/C19H25N3O3/c1-13(2)19(24)22-8-4-7-21(9-10-22)18(23)12-15-5-6-17-16(11-15)20-14(3)25-17/h5-6,11,13H,4,7-10,12H2,1-3H3. The molecule has 0 bridgehead atoms. The van der Waals surface area contributed by atoms with Crippen LogP contribution in [0.1, 0.15) is 31.7 Å². The fourth-order valence-corrected chi connectivity index (χ4v) is 3.24. The van der Waals surface area contributed by atoms with Crippen LogP contribution in [0.3, 0.4) is 0 Å². The van der Waals surface area contributed by atoms with Gasteiger partial charge in [0.25, 0.3) is 0 Å². The Morgan fingerprint density at radius 3 is 2.64 bits per heavy atom. The summed E-state index contributed by atoms with van der Waals surface area (Å²) in [7, 11) is 0. The van der Waals surface area contributed by atoms with E-state index in [2.05, 4.69) is 4.98 Å². The normalized spacial score (nSPS) is 15.7. The second-order valence-corrected chi connectivity index (χ2v) is 6.93. The third-order valence-electron chi connectivity index (χ3n) is 4.57. The van der Waals surface area contributed by atoms with Crippen LogP contribution in [-0.2, 0) is 16.0 Å². The molecule has 2 aromatic rings. The summed E-state index contributed by atoms with van der Waals surface area (Å²) in [4.78, 5) is 32.9. The quantitative estimate of drug-likeness (QED) is 0.858. The number of oxazole rings is 1. The minimum absolute atomic E-state index is 0.0000966. The molecule has 0 saturated carbocycles. The molecule has 134 valence electrons. The molecule has 0 N–H and O–H groups in total. The van der Waals surface area contributed by atoms with Gasteiger partial charge in [0.15, 0.2) is 11.5 Å². The first-order valence-electron chi connectivity index (χ1n) is 8.86. The van der Waals surface area contributed by atoms with Crippen LogP contribution in [0, 0.1) is 12.8 Å². The van der Waals surface area contributed by atoms with Crippen molar-refractivity contribution in [1.29, 1.82) is 0 Å². The summed E-state index contributed by atoms with van der Waals surface area (Å²) in [6.07, 6.45) is 1.17. The van der Waals surface area contributed by atoms with Crippen molar-refractivity contribution in [3.8, 4) is 0 Å². The number of nitrogens with zero attached hydrogens (tertiary/aromatic N) is 3. The lowest BCUT2D eigenvalue weighted by atomic mass is 10.1. The number of fused-ring (bicyclic) bond motifs is 1. The number of aryl methyl sites for hydroxylation is 1. The topological polar surface area (TPSA) is 66.7 Å². The van der Waals surface area contributed by atoms with Crippen LogP contribution >= 0.6 is 0 Å². The van der Waals surface area contributed by atoms with E-state index >= 15 is 0 Å². The lowest BCUT2D eigenvalue weighted by Crippen LogP contribution is -2.39. The summed E-state index contributed by atoms with van der Waals surface area (Å²) in [5.74, 6) is 0.889. The number of hydrogen-bond donors (Lipinski definition) is 0. The molecule has 0 atom stereocenters. The Morgan fingerprint density at radius 1 is 1.16 bits per heavy atom. The summed E-state index contributed by atoms with van der Waals surface area (Å²) < 4.78 is 5.47. The number of hydrogen-bond acceptors (Lipinski definition) is 4. The van der Waals surface area contributed by atoms with E-state index in [0.29, 0.717) is 31.9 Å². The SMILES string of the molecule is Cc1nc2cc(CC(=O)N3CCCN(C(=O)C(C)C)CC3)ccc2o1. The Labute approximate surface area is 147 Å². The van der Waals surface area contributed by atoms with Gasteiger partial charge in [-0.05, 0) is 24.1 Å². The van der Waals surface area contributed by atoms with Gasteiger partial charge in [0.05, 0.1) is 6.42 Å². The summed E-state index contributed by atoms with van der Waals surface area (Å²) in [5.41, 5.74) is 2.46. The molecule has 0 radical (unpaired) electrons. The van der Waals surface area contributed by atoms with Crippen LogP contribution in [0.5, 0.6) is 0 Å². The fraction of sp³-hybridized carbons (Fsp3) is 0.526. The van der Waals surface area contributed by atoms with Crippen LogP contribution in [0.2, 0.25) is 0 Å². The molecule has 2 amide bonds. The fourth-order valence-electron chi connectivity index (χ4n) is 3.24. The predicted molar refractivity (Wildman–Crippen MR) is 95.1 cm³/mol. The number of rotatable bonds is 3. The first-order chi connectivity index (χ1) is 11.9. The zero-order valence-corrected chi connectivity index (χ0v) is 15.1. The lowest BCUT2D eigenvalue weighted by molar-refractivity contribution is -0.135. The Balaban J connectivity index is 1.63. The smallest absolute Gasteiger partial charge is 0.227 e. The highest BCUT2D eigenvalue weighted by atomic mass is 16.3. The molecule has 3 rings (SSSR count). The Hall–Kier alpha value is -2.37. The van der Waals surface area contributed by atoms with Gasteiger partial charge in [-0.15, -0.1) is 0 Å². The van der Waals surface area contributed by atoms with Crippen molar-refractivity contribution >= 4 is 22.9 Å². The monoisotopic (exact) mass is 343 g/mol. The molecule has 6 heteroatoms. The van der Waals surface area contributed by atoms with Gasteiger partial charge in [-0.25, -0.2) is 4.98 Å². The van der Waals surface area contributed by atoms with E-state index in [1.807, 2.05) is 48.8 Å². The third kappa shape index (κ3) is 4.00. The van der Waals surface area contributed by atoms with Crippen molar-refractivity contribution in [2.75, 3.05) is 26.2 Å². The molecular formula is C19H25N3O3. The molecular weight excluding hydrogens is 318 g/mol. The average Bonchev–Trinajstić information content (AvgIpc) is 2.78. The van der Waals surface area contributed by atoms with E-state index in [1.165, 1.54) is 0 Å². The number of aromatic nitrogens is 1. The maximum Gasteiger partial charge on any atom is 0.227 e. The second kappa shape index (κ2) is 7.25. The van der Waals surface area contributed by atoms with Gasteiger partial charge in [0, 0.05) is 39.0 Å². The number of benzene rings is 1. The summed E-state index contributed by atoms with van der Waals surface area (Å²) in [6.45, 7) is 8.28. The minimum Gasteiger partial charge on any atom is -0.441 e. The lowest BCUT2D eigenvalue weighted by Gasteiger charge is -2.23. The van der Waals surface area contributed by atoms with Gasteiger partial charge >= 0.3 is 0 Å². The second-order valence-electron chi connectivity index (χ2n) is 6.93. The summed E-state index contributed by atoms with van der Waals surface area (Å²) >= 11 is 0. The van der Waals surface area contributed by atoms with Crippen LogP contribution in [0.25, 0.3) is 11.1 Å². The van der Waals surface area contributed by atoms with Crippen LogP contribution < -0.4 is 0 Å². The van der Waals surface area contributed by atoms with Crippen LogP contribution in [0.4, 0.5) is 0 Å². The summed E-state index contributed by atoms with van der Waals surface area (Å²) in [5, 5.41) is 0. The molecule has 0 spiro atoms. The highest BCUT2D eigenvalue weighted by Gasteiger charge is 2.23. The van der Waals surface area contributed by atoms with Gasteiger partial charge in [0.1, 0.15) is 5.52 Å². The molecule has 2 heterocycles. The van der Waals surface area contributed by atoms with Crippen molar-refractivity contribution < 1.29 is 14.0 Å². The maximum atomic E-state index is 12.7. The van der Waals surface area contributed by atoms with Gasteiger partial charge in [-0.1, -0.05) is 19.9 Å². The molecule has 1 fully saturated rings. The first-order valence-corrected chi connectivity index (χ1v) is 8.86. The van der Waals surface area contributed by atoms with Crippen molar-refractivity contribution in [2.24, 2.45) is 5.92 Å². The molecule has 1 aliphatic rings. The highest BCUT2D eigenvalue weighted by molar-refractivity contribution is 5.81. The largest absolute Gasteiger partial charge is 0.441 e. The van der Waals surface area contributed by atoms with E-state index in [9.17, 15) is 9.59 Å².